The molecule has 5 atom stereocenters. The molecule has 0 aliphatic carbocycles. The largest absolute Gasteiger partial charge is 0.387 e. The van der Waals surface area contributed by atoms with E-state index >= 15 is 4.39 Å². The lowest BCUT2D eigenvalue weighted by atomic mass is 9.82. The van der Waals surface area contributed by atoms with Crippen LogP contribution in [0.2, 0.25) is 0 Å². The van der Waals surface area contributed by atoms with Crippen molar-refractivity contribution in [2.45, 2.75) is 84.2 Å². The zero-order valence-electron chi connectivity index (χ0n) is 40.0. The Balaban J connectivity index is 1.87. The van der Waals surface area contributed by atoms with Gasteiger partial charge in [0.05, 0.1) is 38.9 Å². The van der Waals surface area contributed by atoms with E-state index in [1.807, 2.05) is 51.1 Å². The van der Waals surface area contributed by atoms with Gasteiger partial charge in [-0.25, -0.2) is 8.78 Å². The van der Waals surface area contributed by atoms with Crippen LogP contribution < -0.4 is 38.1 Å². The molecule has 0 fully saturated rings. The van der Waals surface area contributed by atoms with Crippen LogP contribution >= 0.6 is 0 Å². The summed E-state index contributed by atoms with van der Waals surface area (Å²) in [4.78, 5) is 93.6. The highest BCUT2D eigenvalue weighted by Crippen LogP contribution is 2.41. The Morgan fingerprint density at radius 1 is 0.812 bits per heavy atom. The minimum absolute atomic E-state index is 0.0175. The maximum absolute atomic E-state index is 15.3. The fraction of sp³-hybridized carbons (Fsp3) is 0.511. The smallest absolute Gasteiger partial charge is 0.248 e. The standard InChI is InChI=1S/C47H67F2N9O11/c1-29(53-40(61)28-69-21-20-68-19-18-67-6)43(63)54-30(2)44(64)56-37(24-39(51)60)46(66)55-36(45(65)52-16-15-50)14-17-58(41(62)27-59)42(47(3,4)5)38-22-32(34-23-33(48)12-13-35(34)49)26-57(38)25-31-10-8-7-9-11-31/h7-13,22-23,26,29-30,36-37,42,59H,14-21,24-25,27-28,50H2,1-6H3,(H2,51,60)(H,52,65)(H,53,61)(H,54,63)(H,55,66)(H,56,64)/t29-,30-,36+,37+,42+/m1/s1. The maximum atomic E-state index is 15.3. The molecule has 2 aromatic carbocycles. The molecular formula is C47H67F2N9O11. The Morgan fingerprint density at radius 3 is 2.09 bits per heavy atom. The maximum Gasteiger partial charge on any atom is 0.248 e. The second-order valence-electron chi connectivity index (χ2n) is 17.2. The molecule has 10 N–H and O–H groups in total. The molecule has 7 amide bonds. The van der Waals surface area contributed by atoms with Crippen LogP contribution in [0.5, 0.6) is 0 Å². The average Bonchev–Trinajstić information content (AvgIpc) is 3.70. The zero-order chi connectivity index (χ0) is 51.3. The molecule has 0 spiro atoms. The van der Waals surface area contributed by atoms with Crippen molar-refractivity contribution in [1.82, 2.24) is 36.1 Å². The molecule has 1 aromatic heterocycles. The summed E-state index contributed by atoms with van der Waals surface area (Å²) >= 11 is 0. The summed E-state index contributed by atoms with van der Waals surface area (Å²) in [5.41, 5.74) is 11.9. The van der Waals surface area contributed by atoms with Crippen LogP contribution in [-0.4, -0.2) is 146 Å². The molecule has 0 unspecified atom stereocenters. The Hall–Kier alpha value is -6.33. The molecule has 3 rings (SSSR count). The Morgan fingerprint density at radius 2 is 1.45 bits per heavy atom. The monoisotopic (exact) mass is 971 g/mol. The van der Waals surface area contributed by atoms with E-state index < -0.39 is 102 Å². The second-order valence-corrected chi connectivity index (χ2v) is 17.2. The quantitative estimate of drug-likeness (QED) is 0.0439. The van der Waals surface area contributed by atoms with Gasteiger partial charge in [0.1, 0.15) is 49.0 Å². The zero-order valence-corrected chi connectivity index (χ0v) is 40.0. The molecule has 0 aliphatic heterocycles. The van der Waals surface area contributed by atoms with E-state index in [0.29, 0.717) is 24.5 Å². The summed E-state index contributed by atoms with van der Waals surface area (Å²) < 4.78 is 46.9. The van der Waals surface area contributed by atoms with Crippen molar-refractivity contribution in [3.63, 3.8) is 0 Å². The number of nitrogens with one attached hydrogen (secondary N) is 5. The molecule has 0 saturated carbocycles. The molecule has 22 heteroatoms. The van der Waals surface area contributed by atoms with Crippen LogP contribution in [0.4, 0.5) is 8.78 Å². The van der Waals surface area contributed by atoms with E-state index in [4.69, 9.17) is 25.7 Å². The van der Waals surface area contributed by atoms with Gasteiger partial charge in [0.25, 0.3) is 0 Å². The van der Waals surface area contributed by atoms with Crippen molar-refractivity contribution in [2.75, 3.05) is 66.4 Å². The first-order valence-electron chi connectivity index (χ1n) is 22.4. The van der Waals surface area contributed by atoms with E-state index in [1.165, 1.54) is 25.9 Å². The second kappa shape index (κ2) is 28.2. The van der Waals surface area contributed by atoms with E-state index in [9.17, 15) is 43.1 Å². The number of rotatable bonds is 29. The minimum atomic E-state index is -1.66. The van der Waals surface area contributed by atoms with Crippen molar-refractivity contribution in [3.05, 3.63) is 83.7 Å². The summed E-state index contributed by atoms with van der Waals surface area (Å²) in [5.74, 6) is -7.17. The van der Waals surface area contributed by atoms with E-state index in [1.54, 1.807) is 16.8 Å². The first kappa shape index (κ1) is 57.0. The number of nitrogens with two attached hydrogens (primary N) is 2. The van der Waals surface area contributed by atoms with Gasteiger partial charge in [0.15, 0.2) is 0 Å². The Labute approximate surface area is 400 Å². The number of hydrogen-bond donors (Lipinski definition) is 8. The Bertz CT molecular complexity index is 2190. The fourth-order valence-electron chi connectivity index (χ4n) is 7.22. The third-order valence-electron chi connectivity index (χ3n) is 10.6. The number of aliphatic hydroxyl groups excluding tert-OH is 1. The summed E-state index contributed by atoms with van der Waals surface area (Å²) in [5, 5.41) is 22.7. The number of ether oxygens (including phenoxy) is 3. The summed E-state index contributed by atoms with van der Waals surface area (Å²) in [6.45, 7) is 7.90. The van der Waals surface area contributed by atoms with E-state index in [0.717, 1.165) is 23.8 Å². The molecule has 0 radical (unpaired) electrons. The topological polar surface area (TPSA) is 288 Å². The van der Waals surface area contributed by atoms with Crippen molar-refractivity contribution in [3.8, 4) is 11.1 Å². The summed E-state index contributed by atoms with van der Waals surface area (Å²) in [6, 6.07) is 7.56. The van der Waals surface area contributed by atoms with Crippen LogP contribution in [0.1, 0.15) is 64.8 Å². The van der Waals surface area contributed by atoms with Crippen molar-refractivity contribution in [2.24, 2.45) is 16.9 Å². The predicted octanol–water partition coefficient (Wildman–Crippen LogP) is 0.389. The number of halogens is 2. The van der Waals surface area contributed by atoms with Gasteiger partial charge in [-0.1, -0.05) is 51.1 Å². The first-order valence-corrected chi connectivity index (χ1v) is 22.4. The minimum Gasteiger partial charge on any atom is -0.387 e. The van der Waals surface area contributed by atoms with Crippen LogP contribution in [0.25, 0.3) is 11.1 Å². The highest BCUT2D eigenvalue weighted by Gasteiger charge is 2.38. The lowest BCUT2D eigenvalue weighted by Gasteiger charge is -2.41. The van der Waals surface area contributed by atoms with Gasteiger partial charge in [-0.2, -0.15) is 0 Å². The normalized spacial score (nSPS) is 13.5. The van der Waals surface area contributed by atoms with Crippen LogP contribution in [0, 0.1) is 17.0 Å². The van der Waals surface area contributed by atoms with Crippen LogP contribution in [0.15, 0.2) is 60.8 Å². The van der Waals surface area contributed by atoms with Gasteiger partial charge in [0, 0.05) is 56.3 Å². The molecule has 20 nitrogen and oxygen atoms in total. The third-order valence-corrected chi connectivity index (χ3v) is 10.6. The summed E-state index contributed by atoms with van der Waals surface area (Å²) in [7, 11) is 1.53. The van der Waals surface area contributed by atoms with Gasteiger partial charge < -0.3 is 66.8 Å². The average molecular weight is 972 g/mol. The van der Waals surface area contributed by atoms with Crippen molar-refractivity contribution < 1.29 is 61.7 Å². The fourth-order valence-corrected chi connectivity index (χ4v) is 7.22. The number of carbonyl (C=O) groups is 7. The first-order chi connectivity index (χ1) is 32.7. The summed E-state index contributed by atoms with van der Waals surface area (Å²) in [6.07, 6.45) is 0.627. The van der Waals surface area contributed by atoms with Gasteiger partial charge in [-0.05, 0) is 55.5 Å². The van der Waals surface area contributed by atoms with Gasteiger partial charge in [-0.3, -0.25) is 33.6 Å². The molecule has 0 aliphatic rings. The SMILES string of the molecule is COCCOCCOCC(=O)N[C@H](C)C(=O)N[C@H](C)C(=O)N[C@@H](CC(N)=O)C(=O)N[C@@H](CCN(C(=O)CO)[C@@H](c1cc(-c2cc(F)ccc2F)cn1Cc1ccccc1)C(C)(C)C)C(=O)NCCN. The van der Waals surface area contributed by atoms with Gasteiger partial charge in [0.2, 0.25) is 41.4 Å². The number of methoxy groups -OCH3 is 1. The van der Waals surface area contributed by atoms with Gasteiger partial charge in [-0.15, -0.1) is 0 Å². The highest BCUT2D eigenvalue weighted by atomic mass is 19.1. The molecule has 69 heavy (non-hydrogen) atoms. The molecule has 0 bridgehead atoms. The molecule has 1 heterocycles. The molecule has 0 saturated heterocycles. The number of amides is 7. The molecular weight excluding hydrogens is 905 g/mol. The number of primary amides is 1. The highest BCUT2D eigenvalue weighted by molar-refractivity contribution is 5.97. The number of hydrogen-bond acceptors (Lipinski definition) is 12. The number of carbonyl (C=O) groups excluding carboxylic acids is 7. The van der Waals surface area contributed by atoms with Crippen molar-refractivity contribution >= 4 is 41.4 Å². The lowest BCUT2D eigenvalue weighted by Crippen LogP contribution is -2.58. The number of nitrogens with zero attached hydrogens (tertiary/aromatic N) is 2. The molecule has 3 aromatic rings. The lowest BCUT2D eigenvalue weighted by molar-refractivity contribution is -0.140. The van der Waals surface area contributed by atoms with Crippen molar-refractivity contribution in [1.29, 1.82) is 0 Å². The number of aromatic nitrogens is 1. The van der Waals surface area contributed by atoms with E-state index in [-0.39, 0.29) is 58.0 Å². The molecule has 380 valence electrons. The van der Waals surface area contributed by atoms with Gasteiger partial charge >= 0.3 is 0 Å². The van der Waals surface area contributed by atoms with Crippen LogP contribution in [-0.2, 0) is 54.3 Å². The Kier molecular flexibility index (Phi) is 23.3. The predicted molar refractivity (Wildman–Crippen MR) is 249 cm³/mol. The number of aliphatic hydroxyl groups is 1. The van der Waals surface area contributed by atoms with Crippen LogP contribution in [0.3, 0.4) is 0 Å². The van der Waals surface area contributed by atoms with E-state index in [2.05, 4.69) is 26.6 Å². The number of benzene rings is 2. The third kappa shape index (κ3) is 18.6.